The van der Waals surface area contributed by atoms with Gasteiger partial charge < -0.3 is 5.73 Å². The lowest BCUT2D eigenvalue weighted by molar-refractivity contribution is 1.27. The first-order valence-electron chi connectivity index (χ1n) is 1.70. The van der Waals surface area contributed by atoms with Gasteiger partial charge in [0.05, 0.1) is 0 Å². The summed E-state index contributed by atoms with van der Waals surface area (Å²) in [5.41, 5.74) is 5.01. The maximum absolute atomic E-state index is 5.01. The first-order chi connectivity index (χ1) is 2.77. The number of rotatable bonds is 1. The maximum Gasteiger partial charge on any atom is 0.115 e. The van der Waals surface area contributed by atoms with Gasteiger partial charge in [-0.25, -0.2) is 4.99 Å². The van der Waals surface area contributed by atoms with E-state index in [9.17, 15) is 0 Å². The molecule has 0 radical (unpaired) electrons. The van der Waals surface area contributed by atoms with Crippen molar-refractivity contribution >= 4 is 6.21 Å². The Balaban J connectivity index is 3.30. The number of nitrogens with two attached hydrogens (primary N) is 1. The minimum absolute atomic E-state index is 0.359. The van der Waals surface area contributed by atoms with Crippen LogP contribution in [0.15, 0.2) is 17.4 Å². The lowest BCUT2D eigenvalue weighted by Gasteiger charge is -1.78. The van der Waals surface area contributed by atoms with Gasteiger partial charge >= 0.3 is 0 Å². The van der Waals surface area contributed by atoms with Crippen LogP contribution in [0.5, 0.6) is 0 Å². The van der Waals surface area contributed by atoms with Gasteiger partial charge in [-0.3, -0.25) is 0 Å². The van der Waals surface area contributed by atoms with Gasteiger partial charge in [-0.15, -0.1) is 0 Å². The third kappa shape index (κ3) is 3.21. The Morgan fingerprint density at radius 3 is 2.50 bits per heavy atom. The van der Waals surface area contributed by atoms with E-state index < -0.39 is 0 Å². The fourth-order valence-corrected chi connectivity index (χ4v) is 0.166. The van der Waals surface area contributed by atoms with Crippen molar-refractivity contribution in [2.75, 3.05) is 0 Å². The molecule has 2 nitrogen and oxygen atoms in total. The minimum atomic E-state index is 0.359. The first-order valence-corrected chi connectivity index (χ1v) is 1.70. The maximum atomic E-state index is 5.01. The summed E-state index contributed by atoms with van der Waals surface area (Å²) >= 11 is 0. The third-order valence-electron chi connectivity index (χ3n) is 0.295. The molecule has 6 heavy (non-hydrogen) atoms. The molecule has 0 aromatic carbocycles. The topological polar surface area (TPSA) is 38.4 Å². The van der Waals surface area contributed by atoms with E-state index in [0.29, 0.717) is 5.82 Å². The van der Waals surface area contributed by atoms with E-state index >= 15 is 0 Å². The van der Waals surface area contributed by atoms with Crippen LogP contribution >= 0.6 is 0 Å². The fourth-order valence-electron chi connectivity index (χ4n) is 0.166. The summed E-state index contributed by atoms with van der Waals surface area (Å²) in [6.07, 6.45) is 1.60. The van der Waals surface area contributed by atoms with Crippen LogP contribution in [0, 0.1) is 0 Å². The number of aliphatic imine (C=N–C) groups is 1. The zero-order chi connectivity index (χ0) is 4.99. The number of hydrogen-bond donors (Lipinski definition) is 1. The molecule has 0 unspecified atom stereocenters. The van der Waals surface area contributed by atoms with Crippen molar-refractivity contribution in [3.8, 4) is 0 Å². The van der Waals surface area contributed by atoms with Crippen LogP contribution in [0.3, 0.4) is 0 Å². The molecule has 0 aromatic rings. The van der Waals surface area contributed by atoms with Crippen molar-refractivity contribution in [1.82, 2.24) is 0 Å². The summed E-state index contributed by atoms with van der Waals surface area (Å²) in [5.74, 6) is 0.359. The number of hydrogen-bond acceptors (Lipinski definition) is 2. The summed E-state index contributed by atoms with van der Waals surface area (Å²) in [7, 11) is 0. The van der Waals surface area contributed by atoms with Gasteiger partial charge in [-0.05, 0) is 6.92 Å². The lowest BCUT2D eigenvalue weighted by Crippen LogP contribution is -1.88. The predicted molar refractivity (Wildman–Crippen MR) is 27.5 cm³/mol. The molecule has 0 saturated heterocycles. The smallest absolute Gasteiger partial charge is 0.115 e. The van der Waals surface area contributed by atoms with E-state index in [4.69, 9.17) is 5.73 Å². The quantitative estimate of drug-likeness (QED) is 0.462. The van der Waals surface area contributed by atoms with Crippen LogP contribution < -0.4 is 5.73 Å². The summed E-state index contributed by atoms with van der Waals surface area (Å²) in [6.45, 7) is 5.11. The van der Waals surface area contributed by atoms with Crippen LogP contribution in [0.1, 0.15) is 6.92 Å². The summed E-state index contributed by atoms with van der Waals surface area (Å²) < 4.78 is 0. The largest absolute Gasteiger partial charge is 0.384 e. The molecule has 0 aliphatic rings. The van der Waals surface area contributed by atoms with E-state index in [-0.39, 0.29) is 0 Å². The highest BCUT2D eigenvalue weighted by Crippen LogP contribution is 1.71. The fraction of sp³-hybridized carbons (Fsp3) is 0.250. The van der Waals surface area contributed by atoms with E-state index in [1.165, 1.54) is 0 Å². The molecule has 0 rings (SSSR count). The van der Waals surface area contributed by atoms with Gasteiger partial charge in [0.25, 0.3) is 0 Å². The van der Waals surface area contributed by atoms with Crippen molar-refractivity contribution in [2.24, 2.45) is 10.7 Å². The van der Waals surface area contributed by atoms with E-state index in [2.05, 4.69) is 11.6 Å². The standard InChI is InChI=1S/C4H8N2/c1-3-6-4(2)5/h3H,2,5H2,1H3/b6-3-. The highest BCUT2D eigenvalue weighted by atomic mass is 14.9. The Bertz CT molecular complexity index is 73.6. The van der Waals surface area contributed by atoms with Crippen LogP contribution in [-0.2, 0) is 0 Å². The van der Waals surface area contributed by atoms with Gasteiger partial charge in [0, 0.05) is 6.21 Å². The van der Waals surface area contributed by atoms with Crippen molar-refractivity contribution in [1.29, 1.82) is 0 Å². The Labute approximate surface area is 37.4 Å². The van der Waals surface area contributed by atoms with Gasteiger partial charge in [0.2, 0.25) is 0 Å². The van der Waals surface area contributed by atoms with E-state index in [1.807, 2.05) is 0 Å². The third-order valence-corrected chi connectivity index (χ3v) is 0.295. The Kier molecular flexibility index (Phi) is 2.13. The second kappa shape index (κ2) is 2.45. The van der Waals surface area contributed by atoms with Crippen LogP contribution in [0.25, 0.3) is 0 Å². The Morgan fingerprint density at radius 2 is 2.50 bits per heavy atom. The molecule has 0 aliphatic heterocycles. The van der Waals surface area contributed by atoms with Crippen LogP contribution in [-0.4, -0.2) is 6.21 Å². The van der Waals surface area contributed by atoms with Gasteiger partial charge in [0.1, 0.15) is 5.82 Å². The molecule has 0 heterocycles. The number of nitrogens with zero attached hydrogens (tertiary/aromatic N) is 1. The first kappa shape index (κ1) is 5.21. The second-order valence-electron chi connectivity index (χ2n) is 0.879. The van der Waals surface area contributed by atoms with E-state index in [1.54, 1.807) is 13.1 Å². The second-order valence-corrected chi connectivity index (χ2v) is 0.879. The molecule has 0 fully saturated rings. The van der Waals surface area contributed by atoms with Crippen molar-refractivity contribution < 1.29 is 0 Å². The highest BCUT2D eigenvalue weighted by molar-refractivity contribution is 5.54. The van der Waals surface area contributed by atoms with Crippen LogP contribution in [0.4, 0.5) is 0 Å². The highest BCUT2D eigenvalue weighted by Gasteiger charge is 1.63. The molecule has 0 aliphatic carbocycles. The molecule has 0 aromatic heterocycles. The van der Waals surface area contributed by atoms with E-state index in [0.717, 1.165) is 0 Å². The van der Waals surface area contributed by atoms with Gasteiger partial charge in [-0.1, -0.05) is 6.58 Å². The molecule has 34 valence electrons. The summed E-state index contributed by atoms with van der Waals surface area (Å²) in [5, 5.41) is 0. The molecular formula is C4H8N2. The Hall–Kier alpha value is -0.790. The molecule has 2 N–H and O–H groups in total. The zero-order valence-corrected chi connectivity index (χ0v) is 3.81. The lowest BCUT2D eigenvalue weighted by atomic mass is 10.8. The van der Waals surface area contributed by atoms with Crippen molar-refractivity contribution in [3.05, 3.63) is 12.4 Å². The molecule has 0 saturated carbocycles. The molecule has 0 amide bonds. The average molecular weight is 84.1 g/mol. The van der Waals surface area contributed by atoms with Gasteiger partial charge in [0.15, 0.2) is 0 Å². The summed E-state index contributed by atoms with van der Waals surface area (Å²) in [6, 6.07) is 0. The predicted octanol–water partition coefficient (Wildman–Crippen LogP) is 0.507. The normalized spacial score (nSPS) is 9.50. The van der Waals surface area contributed by atoms with Crippen molar-refractivity contribution in [3.63, 3.8) is 0 Å². The zero-order valence-electron chi connectivity index (χ0n) is 3.81. The molecular weight excluding hydrogens is 76.1 g/mol. The molecule has 0 atom stereocenters. The Morgan fingerprint density at radius 1 is 2.00 bits per heavy atom. The molecule has 2 heteroatoms. The van der Waals surface area contributed by atoms with Gasteiger partial charge in [-0.2, -0.15) is 0 Å². The SMILES string of the molecule is C=C(N)/N=C\C. The van der Waals surface area contributed by atoms with Crippen LogP contribution in [0.2, 0.25) is 0 Å². The minimum Gasteiger partial charge on any atom is -0.384 e. The monoisotopic (exact) mass is 84.1 g/mol. The summed E-state index contributed by atoms with van der Waals surface area (Å²) in [4.78, 5) is 3.58. The van der Waals surface area contributed by atoms with Crippen molar-refractivity contribution in [2.45, 2.75) is 6.92 Å². The molecule has 0 spiro atoms. The average Bonchev–Trinajstić information content (AvgIpc) is 1.35. The molecule has 0 bridgehead atoms.